The van der Waals surface area contributed by atoms with E-state index in [0.717, 1.165) is 11.1 Å². The lowest BCUT2D eigenvalue weighted by Crippen LogP contribution is -2.50. The first kappa shape index (κ1) is 16.0. The van der Waals surface area contributed by atoms with E-state index in [1.807, 2.05) is 31.2 Å². The van der Waals surface area contributed by atoms with Crippen LogP contribution in [0, 0.1) is 0 Å². The minimum atomic E-state index is -0.661. The molecule has 6 heteroatoms. The van der Waals surface area contributed by atoms with Gasteiger partial charge in [-0.3, -0.25) is 14.4 Å². The van der Waals surface area contributed by atoms with Gasteiger partial charge in [0.1, 0.15) is 6.04 Å². The van der Waals surface area contributed by atoms with Crippen LogP contribution < -0.4 is 10.6 Å². The van der Waals surface area contributed by atoms with E-state index >= 15 is 0 Å². The molecule has 1 aliphatic heterocycles. The van der Waals surface area contributed by atoms with Crippen LogP contribution in [-0.4, -0.2) is 42.3 Å². The van der Waals surface area contributed by atoms with Crippen molar-refractivity contribution in [2.24, 2.45) is 0 Å². The van der Waals surface area contributed by atoms with Crippen molar-refractivity contribution in [1.29, 1.82) is 0 Å². The summed E-state index contributed by atoms with van der Waals surface area (Å²) < 4.78 is 0. The Hall–Kier alpha value is -2.37. The lowest BCUT2D eigenvalue weighted by Gasteiger charge is -2.26. The molecule has 0 radical (unpaired) electrons. The molecule has 1 aromatic rings. The Morgan fingerprint density at radius 2 is 2.00 bits per heavy atom. The number of nitrogens with one attached hydrogen (secondary N) is 2. The number of benzene rings is 1. The maximum atomic E-state index is 12.7. The fourth-order valence-corrected chi connectivity index (χ4v) is 2.79. The molecule has 2 N–H and O–H groups in total. The highest BCUT2D eigenvalue weighted by Gasteiger charge is 2.35. The summed E-state index contributed by atoms with van der Waals surface area (Å²) in [5.74, 6) is -0.878. The summed E-state index contributed by atoms with van der Waals surface area (Å²) in [5.41, 5.74) is 2.02. The average molecular weight is 303 g/mol. The van der Waals surface area contributed by atoms with Crippen molar-refractivity contribution in [3.05, 3.63) is 35.4 Å². The molecule has 22 heavy (non-hydrogen) atoms. The maximum absolute atomic E-state index is 12.7. The zero-order valence-electron chi connectivity index (χ0n) is 13.1. The number of rotatable bonds is 3. The third-order valence-corrected chi connectivity index (χ3v) is 3.96. The van der Waals surface area contributed by atoms with Gasteiger partial charge in [-0.1, -0.05) is 31.2 Å². The summed E-state index contributed by atoms with van der Waals surface area (Å²) in [6.45, 7) is 3.65. The number of fused-ring (bicyclic) bond motifs is 1. The van der Waals surface area contributed by atoms with Crippen LogP contribution in [0.15, 0.2) is 24.3 Å². The largest absolute Gasteiger partial charge is 0.358 e. The van der Waals surface area contributed by atoms with E-state index < -0.39 is 6.04 Å². The van der Waals surface area contributed by atoms with Gasteiger partial charge in [0.25, 0.3) is 0 Å². The van der Waals surface area contributed by atoms with Gasteiger partial charge in [-0.2, -0.15) is 0 Å². The van der Waals surface area contributed by atoms with Crippen LogP contribution in [-0.2, 0) is 20.9 Å². The van der Waals surface area contributed by atoms with Crippen LogP contribution >= 0.6 is 0 Å². The number of amides is 3. The van der Waals surface area contributed by atoms with Crippen molar-refractivity contribution in [2.45, 2.75) is 32.4 Å². The predicted octanol–water partition coefficient (Wildman–Crippen LogP) is 0.383. The molecule has 2 rings (SSSR count). The smallest absolute Gasteiger partial charge is 0.246 e. The highest BCUT2D eigenvalue weighted by molar-refractivity contribution is 5.91. The van der Waals surface area contributed by atoms with Gasteiger partial charge in [-0.25, -0.2) is 0 Å². The highest BCUT2D eigenvalue weighted by Crippen LogP contribution is 2.29. The number of carbonyl (C=O) groups excluding carboxylic acids is 3. The summed E-state index contributed by atoms with van der Waals surface area (Å²) in [5, 5.41) is 5.25. The fraction of sp³-hybridized carbons (Fsp3) is 0.438. The monoisotopic (exact) mass is 303 g/mol. The minimum absolute atomic E-state index is 0.0214. The first-order valence-electron chi connectivity index (χ1n) is 7.28. The molecule has 0 saturated carbocycles. The second-order valence-corrected chi connectivity index (χ2v) is 5.53. The van der Waals surface area contributed by atoms with E-state index in [9.17, 15) is 14.4 Å². The van der Waals surface area contributed by atoms with Crippen LogP contribution in [0.1, 0.15) is 30.9 Å². The summed E-state index contributed by atoms with van der Waals surface area (Å²) in [6, 6.07) is 7.08. The van der Waals surface area contributed by atoms with E-state index in [1.165, 1.54) is 18.9 Å². The van der Waals surface area contributed by atoms with Crippen LogP contribution in [0.2, 0.25) is 0 Å². The van der Waals surface area contributed by atoms with Gasteiger partial charge in [0, 0.05) is 26.4 Å². The standard InChI is InChI=1S/C16H21N3O3/c1-10-13-7-5-4-6-12(13)8-19(9-14(21)17-3)16(22)15(10)18-11(2)20/h4-7,10,15H,8-9H2,1-3H3,(H,17,21)(H,18,20)/t10-,15+/m1/s1. The molecule has 3 amide bonds. The number of nitrogens with zero attached hydrogens (tertiary/aromatic N) is 1. The van der Waals surface area contributed by atoms with Gasteiger partial charge < -0.3 is 15.5 Å². The molecule has 6 nitrogen and oxygen atoms in total. The van der Waals surface area contributed by atoms with Crippen LogP contribution in [0.5, 0.6) is 0 Å². The van der Waals surface area contributed by atoms with Gasteiger partial charge >= 0.3 is 0 Å². The maximum Gasteiger partial charge on any atom is 0.246 e. The summed E-state index contributed by atoms with van der Waals surface area (Å²) in [6.07, 6.45) is 0. The Morgan fingerprint density at radius 3 is 2.64 bits per heavy atom. The summed E-state index contributed by atoms with van der Waals surface area (Å²) in [7, 11) is 1.53. The quantitative estimate of drug-likeness (QED) is 0.847. The van der Waals surface area contributed by atoms with Gasteiger partial charge in [0.15, 0.2) is 0 Å². The normalized spacial score (nSPS) is 20.9. The zero-order valence-corrected chi connectivity index (χ0v) is 13.1. The topological polar surface area (TPSA) is 78.5 Å². The van der Waals surface area contributed by atoms with Gasteiger partial charge in [-0.05, 0) is 11.1 Å². The SMILES string of the molecule is CNC(=O)CN1Cc2ccccc2[C@@H](C)[C@H](NC(C)=O)C1=O. The number of carbonyl (C=O) groups is 3. The molecular weight excluding hydrogens is 282 g/mol. The Labute approximate surface area is 129 Å². The molecule has 1 aliphatic rings. The van der Waals surface area contributed by atoms with E-state index in [4.69, 9.17) is 0 Å². The van der Waals surface area contributed by atoms with E-state index in [1.54, 1.807) is 0 Å². The molecule has 0 aromatic heterocycles. The first-order valence-corrected chi connectivity index (χ1v) is 7.28. The minimum Gasteiger partial charge on any atom is -0.358 e. The molecule has 118 valence electrons. The van der Waals surface area contributed by atoms with Crippen molar-refractivity contribution >= 4 is 17.7 Å². The molecule has 0 aliphatic carbocycles. The Morgan fingerprint density at radius 1 is 1.32 bits per heavy atom. The first-order chi connectivity index (χ1) is 10.4. The number of hydrogen-bond acceptors (Lipinski definition) is 3. The second-order valence-electron chi connectivity index (χ2n) is 5.53. The highest BCUT2D eigenvalue weighted by atomic mass is 16.2. The lowest BCUT2D eigenvalue weighted by molar-refractivity contribution is -0.139. The number of hydrogen-bond donors (Lipinski definition) is 2. The third kappa shape index (κ3) is 3.27. The Kier molecular flexibility index (Phi) is 4.80. The fourth-order valence-electron chi connectivity index (χ4n) is 2.79. The van der Waals surface area contributed by atoms with Crippen LogP contribution in [0.4, 0.5) is 0 Å². The Balaban J connectivity index is 2.40. The molecule has 0 unspecified atom stereocenters. The van der Waals surface area contributed by atoms with E-state index in [0.29, 0.717) is 6.54 Å². The van der Waals surface area contributed by atoms with Crippen LogP contribution in [0.3, 0.4) is 0 Å². The molecule has 0 saturated heterocycles. The predicted molar refractivity (Wildman–Crippen MR) is 81.9 cm³/mol. The van der Waals surface area contributed by atoms with E-state index in [-0.39, 0.29) is 30.2 Å². The molecular formula is C16H21N3O3. The summed E-state index contributed by atoms with van der Waals surface area (Å²) >= 11 is 0. The Bertz CT molecular complexity index is 600. The summed E-state index contributed by atoms with van der Waals surface area (Å²) in [4.78, 5) is 37.3. The third-order valence-electron chi connectivity index (χ3n) is 3.96. The van der Waals surface area contributed by atoms with Crippen molar-refractivity contribution < 1.29 is 14.4 Å². The molecule has 0 fully saturated rings. The van der Waals surface area contributed by atoms with Crippen LogP contribution in [0.25, 0.3) is 0 Å². The van der Waals surface area contributed by atoms with Crippen molar-refractivity contribution in [2.75, 3.05) is 13.6 Å². The molecule has 0 spiro atoms. The van der Waals surface area contributed by atoms with Gasteiger partial charge in [0.05, 0.1) is 6.54 Å². The van der Waals surface area contributed by atoms with Crippen molar-refractivity contribution in [3.63, 3.8) is 0 Å². The molecule has 0 bridgehead atoms. The molecule has 2 atom stereocenters. The van der Waals surface area contributed by atoms with Gasteiger partial charge in [0.2, 0.25) is 17.7 Å². The van der Waals surface area contributed by atoms with Gasteiger partial charge in [-0.15, -0.1) is 0 Å². The van der Waals surface area contributed by atoms with Crippen molar-refractivity contribution in [3.8, 4) is 0 Å². The molecule has 1 aromatic carbocycles. The average Bonchev–Trinajstić information content (AvgIpc) is 2.58. The van der Waals surface area contributed by atoms with Crippen molar-refractivity contribution in [1.82, 2.24) is 15.5 Å². The zero-order chi connectivity index (χ0) is 16.3. The lowest BCUT2D eigenvalue weighted by atomic mass is 9.90. The number of likely N-dealkylation sites (N-methyl/N-ethyl adjacent to an activating group) is 1. The second kappa shape index (κ2) is 6.60. The molecule has 1 heterocycles. The van der Waals surface area contributed by atoms with E-state index in [2.05, 4.69) is 10.6 Å².